The molecular formula is C25H24N4O2. The van der Waals surface area contributed by atoms with Crippen LogP contribution in [0.1, 0.15) is 21.7 Å². The third-order valence-electron chi connectivity index (χ3n) is 5.04. The molecule has 156 valence electrons. The van der Waals surface area contributed by atoms with Crippen LogP contribution in [-0.2, 0) is 17.8 Å². The van der Waals surface area contributed by atoms with Crippen molar-refractivity contribution >= 4 is 28.5 Å². The fraction of sp³-hybridized carbons (Fsp3) is 0.160. The fourth-order valence-corrected chi connectivity index (χ4v) is 3.45. The fourth-order valence-electron chi connectivity index (χ4n) is 3.45. The highest BCUT2D eigenvalue weighted by Crippen LogP contribution is 2.17. The van der Waals surface area contributed by atoms with Gasteiger partial charge < -0.3 is 15.2 Å². The minimum Gasteiger partial charge on any atom is -0.352 e. The molecule has 0 aliphatic carbocycles. The second-order valence-corrected chi connectivity index (χ2v) is 7.39. The Kier molecular flexibility index (Phi) is 6.08. The van der Waals surface area contributed by atoms with Crippen LogP contribution in [0.3, 0.4) is 0 Å². The number of carbonyl (C=O) groups is 2. The van der Waals surface area contributed by atoms with E-state index < -0.39 is 0 Å². The lowest BCUT2D eigenvalue weighted by Crippen LogP contribution is -2.27. The predicted molar refractivity (Wildman–Crippen MR) is 122 cm³/mol. The lowest BCUT2D eigenvalue weighted by atomic mass is 10.2. The van der Waals surface area contributed by atoms with Crippen LogP contribution in [0.5, 0.6) is 0 Å². The summed E-state index contributed by atoms with van der Waals surface area (Å²) >= 11 is 0. The first-order chi connectivity index (χ1) is 15.1. The molecule has 0 bridgehead atoms. The van der Waals surface area contributed by atoms with E-state index in [0.29, 0.717) is 18.5 Å². The van der Waals surface area contributed by atoms with Crippen molar-refractivity contribution in [3.63, 3.8) is 0 Å². The molecule has 4 aromatic rings. The number of aromatic nitrogens is 2. The molecule has 2 N–H and O–H groups in total. The predicted octanol–water partition coefficient (Wildman–Crippen LogP) is 3.96. The second-order valence-electron chi connectivity index (χ2n) is 7.39. The number of anilines is 1. The van der Waals surface area contributed by atoms with Gasteiger partial charge in [-0.15, -0.1) is 0 Å². The number of carbonyl (C=O) groups excluding carboxylic acids is 2. The molecule has 6 heteroatoms. The number of imidazole rings is 1. The standard InChI is InChI=1S/C25H24N4O2/c1-18-11-13-20(14-12-18)27-24(30)17-29-22-10-6-5-9-21(22)28-23(29)15-16-26-25(31)19-7-3-2-4-8-19/h2-14H,15-17H2,1H3,(H,26,31)(H,27,30). The van der Waals surface area contributed by atoms with E-state index in [2.05, 4.69) is 15.6 Å². The van der Waals surface area contributed by atoms with Gasteiger partial charge in [-0.25, -0.2) is 4.98 Å². The first-order valence-corrected chi connectivity index (χ1v) is 10.2. The molecule has 3 aromatic carbocycles. The maximum absolute atomic E-state index is 12.7. The number of hydrogen-bond donors (Lipinski definition) is 2. The summed E-state index contributed by atoms with van der Waals surface area (Å²) in [5.41, 5.74) is 4.24. The van der Waals surface area contributed by atoms with Gasteiger partial charge in [0.2, 0.25) is 5.91 Å². The summed E-state index contributed by atoms with van der Waals surface area (Å²) < 4.78 is 1.91. The van der Waals surface area contributed by atoms with E-state index in [-0.39, 0.29) is 18.4 Å². The van der Waals surface area contributed by atoms with Crippen molar-refractivity contribution in [2.75, 3.05) is 11.9 Å². The zero-order valence-electron chi connectivity index (χ0n) is 17.3. The normalized spacial score (nSPS) is 10.7. The molecule has 0 fully saturated rings. The summed E-state index contributed by atoms with van der Waals surface area (Å²) in [6.07, 6.45) is 0.519. The number of para-hydroxylation sites is 2. The molecule has 0 aliphatic rings. The van der Waals surface area contributed by atoms with Gasteiger partial charge in [0.1, 0.15) is 12.4 Å². The van der Waals surface area contributed by atoms with Crippen molar-refractivity contribution in [2.45, 2.75) is 19.9 Å². The maximum atomic E-state index is 12.7. The Morgan fingerprint density at radius 1 is 0.903 bits per heavy atom. The number of rotatable bonds is 7. The van der Waals surface area contributed by atoms with E-state index in [1.165, 1.54) is 0 Å². The quantitative estimate of drug-likeness (QED) is 0.482. The zero-order chi connectivity index (χ0) is 21.6. The van der Waals surface area contributed by atoms with Crippen LogP contribution in [-0.4, -0.2) is 27.9 Å². The third-order valence-corrected chi connectivity index (χ3v) is 5.04. The van der Waals surface area contributed by atoms with Crippen molar-refractivity contribution in [2.24, 2.45) is 0 Å². The van der Waals surface area contributed by atoms with E-state index in [9.17, 15) is 9.59 Å². The SMILES string of the molecule is Cc1ccc(NC(=O)Cn2c(CCNC(=O)c3ccccc3)nc3ccccc32)cc1. The van der Waals surface area contributed by atoms with Gasteiger partial charge in [-0.1, -0.05) is 48.0 Å². The number of nitrogens with zero attached hydrogens (tertiary/aromatic N) is 2. The summed E-state index contributed by atoms with van der Waals surface area (Å²) in [4.78, 5) is 29.7. The van der Waals surface area contributed by atoms with Gasteiger partial charge in [-0.05, 0) is 43.3 Å². The van der Waals surface area contributed by atoms with E-state index >= 15 is 0 Å². The van der Waals surface area contributed by atoms with Gasteiger partial charge in [-0.2, -0.15) is 0 Å². The van der Waals surface area contributed by atoms with Gasteiger partial charge in [0, 0.05) is 24.2 Å². The minimum absolute atomic E-state index is 0.124. The largest absolute Gasteiger partial charge is 0.352 e. The molecule has 4 rings (SSSR count). The Labute approximate surface area is 180 Å². The molecule has 31 heavy (non-hydrogen) atoms. The number of benzene rings is 3. The summed E-state index contributed by atoms with van der Waals surface area (Å²) in [5.74, 6) is 0.510. The smallest absolute Gasteiger partial charge is 0.251 e. The first-order valence-electron chi connectivity index (χ1n) is 10.2. The van der Waals surface area contributed by atoms with Crippen LogP contribution >= 0.6 is 0 Å². The Hall–Kier alpha value is -3.93. The molecule has 0 atom stereocenters. The molecule has 0 spiro atoms. The molecular weight excluding hydrogens is 388 g/mol. The summed E-state index contributed by atoms with van der Waals surface area (Å²) in [6, 6.07) is 24.5. The molecule has 2 amide bonds. The molecule has 0 radical (unpaired) electrons. The van der Waals surface area contributed by atoms with Crippen molar-refractivity contribution in [3.8, 4) is 0 Å². The Bertz CT molecular complexity index is 1200. The van der Waals surface area contributed by atoms with Crippen LogP contribution in [0, 0.1) is 6.92 Å². The summed E-state index contributed by atoms with van der Waals surface area (Å²) in [6.45, 7) is 2.58. The second kappa shape index (κ2) is 9.26. The van der Waals surface area contributed by atoms with Gasteiger partial charge in [0.05, 0.1) is 11.0 Å². The highest BCUT2D eigenvalue weighted by molar-refractivity contribution is 5.94. The third kappa shape index (κ3) is 4.98. The molecule has 0 unspecified atom stereocenters. The van der Waals surface area contributed by atoms with Gasteiger partial charge in [-0.3, -0.25) is 9.59 Å². The molecule has 0 saturated heterocycles. The van der Waals surface area contributed by atoms with Gasteiger partial charge in [0.25, 0.3) is 5.91 Å². The molecule has 1 heterocycles. The zero-order valence-corrected chi connectivity index (χ0v) is 17.3. The van der Waals surface area contributed by atoms with Crippen LogP contribution in [0.4, 0.5) is 5.69 Å². The van der Waals surface area contributed by atoms with Crippen LogP contribution < -0.4 is 10.6 Å². The summed E-state index contributed by atoms with van der Waals surface area (Å²) in [7, 11) is 0. The van der Waals surface area contributed by atoms with Crippen LogP contribution in [0.2, 0.25) is 0 Å². The average Bonchev–Trinajstić information content (AvgIpc) is 3.13. The number of amides is 2. The topological polar surface area (TPSA) is 76.0 Å². The van der Waals surface area contributed by atoms with E-state index in [0.717, 1.165) is 28.1 Å². The minimum atomic E-state index is -0.125. The number of nitrogens with one attached hydrogen (secondary N) is 2. The van der Waals surface area contributed by atoms with E-state index in [1.807, 2.05) is 78.2 Å². The lowest BCUT2D eigenvalue weighted by Gasteiger charge is -2.11. The van der Waals surface area contributed by atoms with Gasteiger partial charge >= 0.3 is 0 Å². The summed E-state index contributed by atoms with van der Waals surface area (Å²) in [5, 5.41) is 5.86. The Balaban J connectivity index is 1.47. The number of hydrogen-bond acceptors (Lipinski definition) is 3. The van der Waals surface area contributed by atoms with Crippen molar-refractivity contribution in [1.29, 1.82) is 0 Å². The van der Waals surface area contributed by atoms with E-state index in [4.69, 9.17) is 0 Å². The highest BCUT2D eigenvalue weighted by Gasteiger charge is 2.14. The van der Waals surface area contributed by atoms with Crippen molar-refractivity contribution in [3.05, 3.63) is 95.8 Å². The molecule has 6 nitrogen and oxygen atoms in total. The maximum Gasteiger partial charge on any atom is 0.251 e. The van der Waals surface area contributed by atoms with Crippen LogP contribution in [0.15, 0.2) is 78.9 Å². The number of fused-ring (bicyclic) bond motifs is 1. The number of aryl methyl sites for hydroxylation is 1. The van der Waals surface area contributed by atoms with Crippen molar-refractivity contribution < 1.29 is 9.59 Å². The van der Waals surface area contributed by atoms with Gasteiger partial charge in [0.15, 0.2) is 0 Å². The lowest BCUT2D eigenvalue weighted by molar-refractivity contribution is -0.116. The van der Waals surface area contributed by atoms with Crippen molar-refractivity contribution in [1.82, 2.24) is 14.9 Å². The highest BCUT2D eigenvalue weighted by atomic mass is 16.2. The van der Waals surface area contributed by atoms with Crippen LogP contribution in [0.25, 0.3) is 11.0 Å². The molecule has 0 saturated carbocycles. The first kappa shape index (κ1) is 20.3. The monoisotopic (exact) mass is 412 g/mol. The van der Waals surface area contributed by atoms with E-state index in [1.54, 1.807) is 12.1 Å². The molecule has 0 aliphatic heterocycles. The Morgan fingerprint density at radius 2 is 1.61 bits per heavy atom. The average molecular weight is 412 g/mol. The Morgan fingerprint density at radius 3 is 2.39 bits per heavy atom. The molecule has 1 aromatic heterocycles.